The average molecular weight is 283 g/mol. The fourth-order valence-corrected chi connectivity index (χ4v) is 2.51. The maximum absolute atomic E-state index is 13.0. The van der Waals surface area contributed by atoms with E-state index in [9.17, 15) is 14.0 Å². The molecule has 2 N–H and O–H groups in total. The summed E-state index contributed by atoms with van der Waals surface area (Å²) in [5.74, 6) is -0.950. The van der Waals surface area contributed by atoms with Crippen LogP contribution in [0.4, 0.5) is 4.39 Å². The Kier molecular flexibility index (Phi) is 4.28. The molecular formula is C12H14FN3O2S. The van der Waals surface area contributed by atoms with Gasteiger partial charge >= 0.3 is 5.69 Å². The molecule has 102 valence electrons. The van der Waals surface area contributed by atoms with E-state index in [0.29, 0.717) is 19.6 Å². The predicted octanol–water partition coefficient (Wildman–Crippen LogP) is 0.835. The smallest absolute Gasteiger partial charge is 0.310 e. The van der Waals surface area contributed by atoms with E-state index in [1.54, 1.807) is 11.3 Å². The second kappa shape index (κ2) is 5.94. The van der Waals surface area contributed by atoms with Crippen molar-refractivity contribution in [3.63, 3.8) is 0 Å². The molecule has 2 aromatic rings. The second-order valence-corrected chi connectivity index (χ2v) is 5.13. The number of hydrogen-bond donors (Lipinski definition) is 2. The maximum Gasteiger partial charge on any atom is 0.328 e. The van der Waals surface area contributed by atoms with Crippen molar-refractivity contribution in [2.45, 2.75) is 20.0 Å². The van der Waals surface area contributed by atoms with Crippen LogP contribution in [-0.2, 0) is 13.1 Å². The van der Waals surface area contributed by atoms with E-state index < -0.39 is 17.1 Å². The number of nitrogens with one attached hydrogen (secondary N) is 2. The zero-order valence-electron chi connectivity index (χ0n) is 10.4. The Morgan fingerprint density at radius 3 is 2.95 bits per heavy atom. The van der Waals surface area contributed by atoms with E-state index in [-0.39, 0.29) is 0 Å². The number of aryl methyl sites for hydroxylation is 1. The third kappa shape index (κ3) is 3.39. The molecule has 0 amide bonds. The van der Waals surface area contributed by atoms with Crippen LogP contribution in [0.1, 0.15) is 10.4 Å². The molecular weight excluding hydrogens is 269 g/mol. The molecule has 0 saturated heterocycles. The van der Waals surface area contributed by atoms with Crippen molar-refractivity contribution in [2.24, 2.45) is 0 Å². The molecule has 7 heteroatoms. The number of halogens is 1. The number of hydrogen-bond acceptors (Lipinski definition) is 4. The number of H-pyrrole nitrogens is 1. The van der Waals surface area contributed by atoms with Gasteiger partial charge in [-0.1, -0.05) is 0 Å². The maximum atomic E-state index is 13.0. The van der Waals surface area contributed by atoms with Crippen molar-refractivity contribution in [1.29, 1.82) is 0 Å². The zero-order chi connectivity index (χ0) is 13.8. The molecule has 2 heterocycles. The van der Waals surface area contributed by atoms with E-state index in [0.717, 1.165) is 10.8 Å². The third-order valence-corrected chi connectivity index (χ3v) is 3.77. The monoisotopic (exact) mass is 283 g/mol. The third-order valence-electron chi connectivity index (χ3n) is 2.75. The fourth-order valence-electron chi connectivity index (χ4n) is 1.64. The highest BCUT2D eigenvalue weighted by atomic mass is 32.1. The lowest BCUT2D eigenvalue weighted by atomic mass is 10.3. The molecule has 0 aromatic carbocycles. The minimum Gasteiger partial charge on any atom is -0.310 e. The summed E-state index contributed by atoms with van der Waals surface area (Å²) in [6.45, 7) is 3.57. The fraction of sp³-hybridized carbons (Fsp3) is 0.333. The molecule has 0 saturated carbocycles. The Hall–Kier alpha value is -1.73. The summed E-state index contributed by atoms with van der Waals surface area (Å²) in [5.41, 5.74) is -0.353. The van der Waals surface area contributed by atoms with Crippen LogP contribution in [-0.4, -0.2) is 16.1 Å². The Morgan fingerprint density at radius 2 is 2.26 bits per heavy atom. The Bertz CT molecular complexity index is 674. The standard InChI is InChI=1S/C12H14FN3O2S/c1-8-2-5-19-10(8)6-14-3-4-16-7-9(13)11(17)15-12(16)18/h2,5,7,14H,3-4,6H2,1H3,(H,15,17,18). The van der Waals surface area contributed by atoms with Crippen LogP contribution < -0.4 is 16.6 Å². The first-order valence-corrected chi connectivity index (χ1v) is 6.69. The Labute approximate surface area is 112 Å². The van der Waals surface area contributed by atoms with Gasteiger partial charge in [-0.05, 0) is 23.9 Å². The highest BCUT2D eigenvalue weighted by Crippen LogP contribution is 2.14. The van der Waals surface area contributed by atoms with Crippen molar-refractivity contribution >= 4 is 11.3 Å². The minimum absolute atomic E-state index is 0.303. The first kappa shape index (κ1) is 13.7. The topological polar surface area (TPSA) is 66.9 Å². The van der Waals surface area contributed by atoms with Crippen LogP contribution in [0.2, 0.25) is 0 Å². The van der Waals surface area contributed by atoms with Gasteiger partial charge in [-0.25, -0.2) is 4.79 Å². The van der Waals surface area contributed by atoms with Crippen LogP contribution in [0.25, 0.3) is 0 Å². The summed E-state index contributed by atoms with van der Waals surface area (Å²) in [4.78, 5) is 25.4. The summed E-state index contributed by atoms with van der Waals surface area (Å²) >= 11 is 1.66. The van der Waals surface area contributed by atoms with Gasteiger partial charge in [0.25, 0.3) is 5.56 Å². The molecule has 19 heavy (non-hydrogen) atoms. The SMILES string of the molecule is Cc1ccsc1CNCCn1cc(F)c(=O)[nH]c1=O. The van der Waals surface area contributed by atoms with Gasteiger partial charge in [-0.15, -0.1) is 11.3 Å². The minimum atomic E-state index is -0.983. The molecule has 0 aliphatic carbocycles. The summed E-state index contributed by atoms with van der Waals surface area (Å²) in [6, 6.07) is 2.05. The van der Waals surface area contributed by atoms with Crippen molar-refractivity contribution in [1.82, 2.24) is 14.9 Å². The lowest BCUT2D eigenvalue weighted by molar-refractivity contribution is 0.530. The molecule has 0 radical (unpaired) electrons. The van der Waals surface area contributed by atoms with Gasteiger partial charge in [0, 0.05) is 24.5 Å². The van der Waals surface area contributed by atoms with E-state index in [1.165, 1.54) is 10.4 Å². The van der Waals surface area contributed by atoms with Crippen molar-refractivity contribution in [3.05, 3.63) is 54.7 Å². The largest absolute Gasteiger partial charge is 0.328 e. The van der Waals surface area contributed by atoms with Crippen LogP contribution in [0.15, 0.2) is 27.2 Å². The summed E-state index contributed by atoms with van der Waals surface area (Å²) in [7, 11) is 0. The normalized spacial score (nSPS) is 10.8. The highest BCUT2D eigenvalue weighted by Gasteiger charge is 2.03. The van der Waals surface area contributed by atoms with Gasteiger partial charge < -0.3 is 5.32 Å². The average Bonchev–Trinajstić information content (AvgIpc) is 2.77. The number of aromatic amines is 1. The van der Waals surface area contributed by atoms with E-state index in [2.05, 4.69) is 5.32 Å². The van der Waals surface area contributed by atoms with Gasteiger partial charge in [-0.3, -0.25) is 14.3 Å². The molecule has 0 unspecified atom stereocenters. The highest BCUT2D eigenvalue weighted by molar-refractivity contribution is 7.10. The second-order valence-electron chi connectivity index (χ2n) is 4.13. The summed E-state index contributed by atoms with van der Waals surface area (Å²) in [5, 5.41) is 5.20. The van der Waals surface area contributed by atoms with Crippen LogP contribution in [0.3, 0.4) is 0 Å². The lowest BCUT2D eigenvalue weighted by Crippen LogP contribution is -2.33. The van der Waals surface area contributed by atoms with E-state index in [1.807, 2.05) is 23.4 Å². The first-order chi connectivity index (χ1) is 9.08. The zero-order valence-corrected chi connectivity index (χ0v) is 11.2. The molecule has 2 rings (SSSR count). The molecule has 0 aliphatic heterocycles. The predicted molar refractivity (Wildman–Crippen MR) is 72.0 cm³/mol. The van der Waals surface area contributed by atoms with Gasteiger partial charge in [0.15, 0.2) is 0 Å². The molecule has 0 aliphatic rings. The quantitative estimate of drug-likeness (QED) is 0.799. The van der Waals surface area contributed by atoms with Crippen molar-refractivity contribution < 1.29 is 4.39 Å². The number of rotatable bonds is 5. The molecule has 2 aromatic heterocycles. The van der Waals surface area contributed by atoms with E-state index in [4.69, 9.17) is 0 Å². The van der Waals surface area contributed by atoms with Crippen LogP contribution in [0, 0.1) is 12.7 Å². The van der Waals surface area contributed by atoms with Crippen LogP contribution in [0.5, 0.6) is 0 Å². The molecule has 0 fully saturated rings. The first-order valence-electron chi connectivity index (χ1n) is 5.81. The molecule has 0 atom stereocenters. The van der Waals surface area contributed by atoms with Crippen molar-refractivity contribution in [2.75, 3.05) is 6.54 Å². The van der Waals surface area contributed by atoms with Crippen LogP contribution >= 0.6 is 11.3 Å². The van der Waals surface area contributed by atoms with Gasteiger partial charge in [-0.2, -0.15) is 4.39 Å². The van der Waals surface area contributed by atoms with Gasteiger partial charge in [0.1, 0.15) is 0 Å². The van der Waals surface area contributed by atoms with Crippen molar-refractivity contribution in [3.8, 4) is 0 Å². The van der Waals surface area contributed by atoms with Gasteiger partial charge in [0.05, 0.1) is 6.20 Å². The number of aromatic nitrogens is 2. The Morgan fingerprint density at radius 1 is 1.47 bits per heavy atom. The summed E-state index contributed by atoms with van der Waals surface area (Å²) < 4.78 is 14.2. The van der Waals surface area contributed by atoms with Gasteiger partial charge in [0.2, 0.25) is 5.82 Å². The number of thiophene rings is 1. The number of nitrogens with zero attached hydrogens (tertiary/aromatic N) is 1. The van der Waals surface area contributed by atoms with E-state index >= 15 is 0 Å². The molecule has 0 bridgehead atoms. The molecule has 0 spiro atoms. The summed E-state index contributed by atoms with van der Waals surface area (Å²) in [6.07, 6.45) is 0.930. The lowest BCUT2D eigenvalue weighted by Gasteiger charge is -2.06. The Balaban J connectivity index is 1.90. The molecule has 5 nitrogen and oxygen atoms in total.